The Morgan fingerprint density at radius 2 is 1.55 bits per heavy atom. The molecule has 0 bridgehead atoms. The molecule has 0 spiro atoms. The third kappa shape index (κ3) is 4.34. The van der Waals surface area contributed by atoms with Crippen molar-refractivity contribution in [1.82, 2.24) is 0 Å². The number of Topliss-reactive ketones (excluding diaryl/α,β-unsaturated/α-hetero) is 1. The van der Waals surface area contributed by atoms with Crippen molar-refractivity contribution in [2.24, 2.45) is 17.8 Å². The zero-order valence-corrected chi connectivity index (χ0v) is 24.0. The molecule has 3 heteroatoms. The molecule has 0 aromatic heterocycles. The molecule has 5 rings (SSSR count). The third-order valence-corrected chi connectivity index (χ3v) is 9.00. The van der Waals surface area contributed by atoms with Crippen molar-refractivity contribution in [3.05, 3.63) is 92.6 Å². The highest BCUT2D eigenvalue weighted by Gasteiger charge is 2.45. The molecule has 5 atom stereocenters. The van der Waals surface area contributed by atoms with Gasteiger partial charge < -0.3 is 15.0 Å². The zero-order chi connectivity index (χ0) is 27.6. The van der Waals surface area contributed by atoms with Crippen LogP contribution in [0, 0.1) is 31.6 Å². The molecule has 200 valence electrons. The SMILES string of the molecule is CC1=CC(C(C)C)=CC2=C(C)C=C(C3C(=O)C([O-])C(c4cc(C)c5cc(C(C)C)cc(C)cc4-5)C3[O-])C2C1. The van der Waals surface area contributed by atoms with Crippen LogP contribution in [0.5, 0.6) is 0 Å². The Kier molecular flexibility index (Phi) is 6.90. The average molecular weight is 509 g/mol. The van der Waals surface area contributed by atoms with Crippen molar-refractivity contribution in [3.63, 3.8) is 0 Å². The first-order chi connectivity index (χ1) is 17.9. The van der Waals surface area contributed by atoms with E-state index < -0.39 is 29.8 Å². The molecule has 0 amide bonds. The number of fused-ring (bicyclic) bond motifs is 2. The highest BCUT2D eigenvalue weighted by atomic mass is 16.3. The largest absolute Gasteiger partial charge is 0.851 e. The molecule has 5 aliphatic carbocycles. The average Bonchev–Trinajstić information content (AvgIpc) is 3.22. The van der Waals surface area contributed by atoms with Gasteiger partial charge in [-0.1, -0.05) is 93.0 Å². The van der Waals surface area contributed by atoms with E-state index >= 15 is 0 Å². The first kappa shape index (κ1) is 26.8. The lowest BCUT2D eigenvalue weighted by molar-refractivity contribution is -0.453. The second-order valence-corrected chi connectivity index (χ2v) is 12.6. The summed E-state index contributed by atoms with van der Waals surface area (Å²) in [7, 11) is 0. The predicted octanol–water partition coefficient (Wildman–Crippen LogP) is 6.08. The summed E-state index contributed by atoms with van der Waals surface area (Å²) in [6.07, 6.45) is 4.49. The lowest BCUT2D eigenvalue weighted by atomic mass is 9.80. The normalized spacial score (nSPS) is 27.7. The molecule has 0 heterocycles. The molecule has 1 saturated carbocycles. The summed E-state index contributed by atoms with van der Waals surface area (Å²) in [4.78, 5) is 13.6. The van der Waals surface area contributed by atoms with E-state index in [0.717, 1.165) is 45.4 Å². The lowest BCUT2D eigenvalue weighted by Crippen LogP contribution is -2.39. The number of carbonyl (C=O) groups excluding carboxylic acids is 1. The summed E-state index contributed by atoms with van der Waals surface area (Å²) in [6, 6.07) is 8.47. The molecule has 0 N–H and O–H groups in total. The molecule has 5 aliphatic rings. The van der Waals surface area contributed by atoms with Gasteiger partial charge in [0.05, 0.1) is 0 Å². The van der Waals surface area contributed by atoms with Crippen molar-refractivity contribution in [2.75, 3.05) is 0 Å². The van der Waals surface area contributed by atoms with Crippen LogP contribution in [0.2, 0.25) is 0 Å². The van der Waals surface area contributed by atoms with Crippen LogP contribution >= 0.6 is 0 Å². The van der Waals surface area contributed by atoms with E-state index in [4.69, 9.17) is 0 Å². The fourth-order valence-corrected chi connectivity index (χ4v) is 6.91. The van der Waals surface area contributed by atoms with Crippen molar-refractivity contribution >= 4 is 5.78 Å². The minimum absolute atomic E-state index is 0.00867. The van der Waals surface area contributed by atoms with E-state index in [9.17, 15) is 15.0 Å². The Morgan fingerprint density at radius 1 is 0.842 bits per heavy atom. The number of rotatable bonds is 4. The van der Waals surface area contributed by atoms with Gasteiger partial charge in [0.15, 0.2) is 0 Å². The van der Waals surface area contributed by atoms with Gasteiger partial charge in [-0.05, 0) is 96.4 Å². The van der Waals surface area contributed by atoms with Gasteiger partial charge in [-0.2, -0.15) is 0 Å². The molecule has 0 radical (unpaired) electrons. The van der Waals surface area contributed by atoms with E-state index in [1.807, 2.05) is 19.1 Å². The fraction of sp³-hybridized carbons (Fsp3) is 0.457. The molecule has 5 unspecified atom stereocenters. The minimum Gasteiger partial charge on any atom is -0.851 e. The molecule has 0 aromatic rings. The van der Waals surface area contributed by atoms with E-state index in [0.29, 0.717) is 11.8 Å². The highest BCUT2D eigenvalue weighted by molar-refractivity contribution is 5.93. The van der Waals surface area contributed by atoms with E-state index in [-0.39, 0.29) is 5.92 Å². The molecule has 38 heavy (non-hydrogen) atoms. The van der Waals surface area contributed by atoms with Crippen LogP contribution in [0.3, 0.4) is 0 Å². The second kappa shape index (κ2) is 9.77. The van der Waals surface area contributed by atoms with Crippen LogP contribution in [0.4, 0.5) is 0 Å². The van der Waals surface area contributed by atoms with Gasteiger partial charge in [0, 0.05) is 11.8 Å². The number of carbonyl (C=O) groups is 1. The molecule has 0 aromatic carbocycles. The zero-order valence-electron chi connectivity index (χ0n) is 24.0. The van der Waals surface area contributed by atoms with Crippen molar-refractivity contribution < 1.29 is 15.0 Å². The molecular formula is C35H40O3-2. The lowest BCUT2D eigenvalue weighted by Gasteiger charge is -2.35. The topological polar surface area (TPSA) is 63.2 Å². The monoisotopic (exact) mass is 508 g/mol. The molecule has 0 aliphatic heterocycles. The summed E-state index contributed by atoms with van der Waals surface area (Å²) in [5, 5.41) is 27.9. The Balaban J connectivity index is 1.55. The molecule has 3 nitrogen and oxygen atoms in total. The van der Waals surface area contributed by atoms with Crippen LogP contribution in [-0.4, -0.2) is 18.0 Å². The smallest absolute Gasteiger partial charge is 0.126 e. The summed E-state index contributed by atoms with van der Waals surface area (Å²) in [5.41, 5.74) is 11.8. The third-order valence-electron chi connectivity index (χ3n) is 9.00. The Hall–Kier alpha value is -2.75. The number of hydrogen-bond acceptors (Lipinski definition) is 3. The van der Waals surface area contributed by atoms with Crippen LogP contribution in [0.15, 0.2) is 70.4 Å². The number of hydrogen-bond donors (Lipinski definition) is 0. The van der Waals surface area contributed by atoms with Crippen molar-refractivity contribution in [2.45, 2.75) is 85.9 Å². The van der Waals surface area contributed by atoms with Crippen molar-refractivity contribution in [3.8, 4) is 11.1 Å². The van der Waals surface area contributed by atoms with Gasteiger partial charge in [0.25, 0.3) is 0 Å². The first-order valence-corrected chi connectivity index (χ1v) is 14.1. The van der Waals surface area contributed by atoms with Crippen LogP contribution in [0.1, 0.15) is 82.1 Å². The van der Waals surface area contributed by atoms with Gasteiger partial charge in [0.2, 0.25) is 0 Å². The van der Waals surface area contributed by atoms with Crippen LogP contribution in [-0.2, 0) is 4.79 Å². The van der Waals surface area contributed by atoms with Crippen LogP contribution in [0.25, 0.3) is 11.1 Å². The fourth-order valence-electron chi connectivity index (χ4n) is 6.91. The predicted molar refractivity (Wildman–Crippen MR) is 151 cm³/mol. The summed E-state index contributed by atoms with van der Waals surface area (Å²) >= 11 is 0. The first-order valence-electron chi connectivity index (χ1n) is 14.1. The molecule has 1 fully saturated rings. The maximum absolute atomic E-state index is 14.2. The minimum atomic E-state index is -1.54. The van der Waals surface area contributed by atoms with E-state index in [2.05, 4.69) is 78.8 Å². The van der Waals surface area contributed by atoms with Gasteiger partial charge in [-0.3, -0.25) is 0 Å². The molecule has 0 saturated heterocycles. The van der Waals surface area contributed by atoms with E-state index in [1.54, 1.807) is 0 Å². The van der Waals surface area contributed by atoms with Gasteiger partial charge >= 0.3 is 0 Å². The van der Waals surface area contributed by atoms with Crippen molar-refractivity contribution in [1.29, 1.82) is 0 Å². The second-order valence-electron chi connectivity index (χ2n) is 12.6. The number of allylic oxidation sites excluding steroid dienone is 7. The summed E-state index contributed by atoms with van der Waals surface area (Å²) < 4.78 is 0. The van der Waals surface area contributed by atoms with E-state index in [1.165, 1.54) is 22.3 Å². The quantitative estimate of drug-likeness (QED) is 0.503. The van der Waals surface area contributed by atoms with Crippen LogP contribution < -0.4 is 10.2 Å². The standard InChI is InChI=1S/C35H40O3/c1-17(2)23-9-19(5)11-27-25(15-23)21(7)13-29(27)31-33(36)32(35(38)34(31)37)30-14-22(8)26-16-24(18(3)4)10-20(6)12-28(26)30/h9-11,13-18,28,31-34H,12H2,1-8H3/q-2. The highest BCUT2D eigenvalue weighted by Crippen LogP contribution is 2.50. The van der Waals surface area contributed by atoms with Gasteiger partial charge in [0.1, 0.15) is 5.78 Å². The summed E-state index contributed by atoms with van der Waals surface area (Å²) in [5.74, 6) is -1.44. The van der Waals surface area contributed by atoms with Gasteiger partial charge in [-0.15, -0.1) is 6.10 Å². The molecular weight excluding hydrogens is 468 g/mol. The maximum Gasteiger partial charge on any atom is 0.126 e. The van der Waals surface area contributed by atoms with Gasteiger partial charge in [-0.25, -0.2) is 0 Å². The summed E-state index contributed by atoms with van der Waals surface area (Å²) in [6.45, 7) is 17.0. The number of ketones is 1. The number of aryl methyl sites for hydroxylation is 2. The Labute approximate surface area is 228 Å². The Morgan fingerprint density at radius 3 is 2.21 bits per heavy atom. The maximum atomic E-state index is 14.2. The Bertz CT molecular complexity index is 1400.